The van der Waals surface area contributed by atoms with E-state index in [0.29, 0.717) is 5.69 Å². The number of rotatable bonds is 5. The Balaban J connectivity index is 2.00. The van der Waals surface area contributed by atoms with Crippen LogP contribution in [0.15, 0.2) is 83.9 Å². The van der Waals surface area contributed by atoms with Crippen molar-refractivity contribution < 1.29 is 0 Å². The van der Waals surface area contributed by atoms with Gasteiger partial charge in [-0.25, -0.2) is 9.79 Å². The molecule has 0 amide bonds. The van der Waals surface area contributed by atoms with Crippen molar-refractivity contribution in [2.45, 2.75) is 0 Å². The zero-order valence-electron chi connectivity index (χ0n) is 15.2. The van der Waals surface area contributed by atoms with Gasteiger partial charge in [-0.3, -0.25) is 13.9 Å². The molecule has 0 saturated carbocycles. The molecule has 3 rings (SSSR count). The molecule has 1 N–H and O–H groups in total. The Kier molecular flexibility index (Phi) is 5.95. The Morgan fingerprint density at radius 3 is 2.29 bits per heavy atom. The molecule has 3 aromatic rings. The summed E-state index contributed by atoms with van der Waals surface area (Å²) in [4.78, 5) is 29.1. The van der Waals surface area contributed by atoms with Gasteiger partial charge in [0, 0.05) is 24.3 Å². The first kappa shape index (κ1) is 19.4. The van der Waals surface area contributed by atoms with Crippen LogP contribution in [0.5, 0.6) is 0 Å². The Bertz CT molecular complexity index is 1150. The molecular weight excluding hydrogens is 424 g/mol. The number of aromatic nitrogens is 2. The molecule has 9 heteroatoms. The lowest BCUT2D eigenvalue weighted by molar-refractivity contribution is 0.689. The third-order valence-electron chi connectivity index (χ3n) is 3.89. The second kappa shape index (κ2) is 8.57. The van der Waals surface area contributed by atoms with E-state index in [-0.39, 0.29) is 11.5 Å². The van der Waals surface area contributed by atoms with Crippen molar-refractivity contribution in [2.75, 3.05) is 5.32 Å². The van der Waals surface area contributed by atoms with Crippen molar-refractivity contribution in [1.82, 2.24) is 9.13 Å². The highest BCUT2D eigenvalue weighted by Gasteiger charge is 2.14. The lowest BCUT2D eigenvalue weighted by Crippen LogP contribution is -2.36. The van der Waals surface area contributed by atoms with Gasteiger partial charge in [-0.15, -0.1) is 5.11 Å². The summed E-state index contributed by atoms with van der Waals surface area (Å²) in [5.41, 5.74) is 0.287. The number of aliphatic imine (C=N–C) groups is 1. The highest BCUT2D eigenvalue weighted by atomic mass is 79.9. The van der Waals surface area contributed by atoms with E-state index in [9.17, 15) is 9.59 Å². The van der Waals surface area contributed by atoms with Gasteiger partial charge in [0.15, 0.2) is 11.5 Å². The topological polar surface area (TPSA) is 93.1 Å². The van der Waals surface area contributed by atoms with Crippen molar-refractivity contribution in [1.29, 1.82) is 0 Å². The van der Waals surface area contributed by atoms with Crippen LogP contribution in [0.4, 0.5) is 22.9 Å². The van der Waals surface area contributed by atoms with Gasteiger partial charge in [0.05, 0.1) is 12.0 Å². The molecular formula is C19H17BrN6O2. The Morgan fingerprint density at radius 2 is 1.61 bits per heavy atom. The van der Waals surface area contributed by atoms with Gasteiger partial charge in [0.25, 0.3) is 5.56 Å². The molecule has 0 aliphatic carbocycles. The normalized spacial score (nSPS) is 11.4. The van der Waals surface area contributed by atoms with Crippen LogP contribution in [-0.4, -0.2) is 15.5 Å². The highest BCUT2D eigenvalue weighted by molar-refractivity contribution is 9.10. The molecule has 0 aliphatic rings. The van der Waals surface area contributed by atoms with E-state index >= 15 is 0 Å². The Morgan fingerprint density at radius 1 is 0.929 bits per heavy atom. The quantitative estimate of drug-likeness (QED) is 0.368. The molecule has 8 nitrogen and oxygen atoms in total. The molecule has 0 aliphatic heterocycles. The molecule has 28 heavy (non-hydrogen) atoms. The molecule has 1 heterocycles. The largest absolute Gasteiger partial charge is 0.346 e. The zero-order chi connectivity index (χ0) is 20.1. The zero-order valence-corrected chi connectivity index (χ0v) is 16.8. The average Bonchev–Trinajstić information content (AvgIpc) is 2.72. The number of anilines is 1. The second-order valence-electron chi connectivity index (χ2n) is 5.82. The summed E-state index contributed by atoms with van der Waals surface area (Å²) in [5, 5.41) is 11.1. The van der Waals surface area contributed by atoms with E-state index < -0.39 is 11.2 Å². The van der Waals surface area contributed by atoms with Crippen LogP contribution in [0.1, 0.15) is 0 Å². The molecule has 142 valence electrons. The van der Waals surface area contributed by atoms with Crippen LogP contribution in [-0.2, 0) is 14.1 Å². The number of azo groups is 1. The van der Waals surface area contributed by atoms with E-state index in [1.165, 1.54) is 25.0 Å². The first-order chi connectivity index (χ1) is 13.5. The fourth-order valence-electron chi connectivity index (χ4n) is 2.37. The molecule has 0 radical (unpaired) electrons. The monoisotopic (exact) mass is 440 g/mol. The van der Waals surface area contributed by atoms with Gasteiger partial charge in [-0.05, 0) is 36.4 Å². The smallest absolute Gasteiger partial charge is 0.332 e. The van der Waals surface area contributed by atoms with Gasteiger partial charge < -0.3 is 5.32 Å². The molecule has 0 bridgehead atoms. The van der Waals surface area contributed by atoms with Crippen LogP contribution in [0, 0.1) is 0 Å². The van der Waals surface area contributed by atoms with Crippen molar-refractivity contribution >= 4 is 45.1 Å². The maximum absolute atomic E-state index is 12.6. The third kappa shape index (κ3) is 4.32. The molecule has 1 aromatic heterocycles. The molecule has 0 spiro atoms. The summed E-state index contributed by atoms with van der Waals surface area (Å²) in [6.45, 7) is 0. The van der Waals surface area contributed by atoms with Gasteiger partial charge >= 0.3 is 5.69 Å². The predicted octanol–water partition coefficient (Wildman–Crippen LogP) is 4.03. The predicted molar refractivity (Wildman–Crippen MR) is 113 cm³/mol. The molecule has 0 fully saturated rings. The first-order valence-electron chi connectivity index (χ1n) is 8.29. The van der Waals surface area contributed by atoms with Crippen molar-refractivity contribution in [3.05, 3.63) is 79.9 Å². The summed E-state index contributed by atoms with van der Waals surface area (Å²) >= 11 is 3.37. The van der Waals surface area contributed by atoms with Crippen LogP contribution in [0.3, 0.4) is 0 Å². The molecule has 0 saturated heterocycles. The van der Waals surface area contributed by atoms with Crippen molar-refractivity contribution in [2.24, 2.45) is 29.3 Å². The summed E-state index contributed by atoms with van der Waals surface area (Å²) in [7, 11) is 2.91. The molecule has 0 unspecified atom stereocenters. The van der Waals surface area contributed by atoms with Crippen molar-refractivity contribution in [3.63, 3.8) is 0 Å². The fraction of sp³-hybridized carbons (Fsp3) is 0.105. The number of nitrogens with zero attached hydrogens (tertiary/aromatic N) is 5. The van der Waals surface area contributed by atoms with Gasteiger partial charge in [-0.2, -0.15) is 5.11 Å². The Hall–Kier alpha value is -3.33. The van der Waals surface area contributed by atoms with E-state index in [1.54, 1.807) is 12.1 Å². The maximum Gasteiger partial charge on any atom is 0.332 e. The summed E-state index contributed by atoms with van der Waals surface area (Å²) < 4.78 is 3.17. The van der Waals surface area contributed by atoms with Crippen LogP contribution in [0.25, 0.3) is 0 Å². The lowest BCUT2D eigenvalue weighted by atomic mass is 10.3. The molecule has 0 atom stereocenters. The van der Waals surface area contributed by atoms with Crippen LogP contribution < -0.4 is 16.6 Å². The van der Waals surface area contributed by atoms with E-state index in [2.05, 4.69) is 36.5 Å². The number of nitrogens with one attached hydrogen (secondary N) is 1. The van der Waals surface area contributed by atoms with Crippen LogP contribution in [0.2, 0.25) is 0 Å². The third-order valence-corrected chi connectivity index (χ3v) is 4.42. The molecule has 2 aromatic carbocycles. The lowest BCUT2D eigenvalue weighted by Gasteiger charge is -2.08. The summed E-state index contributed by atoms with van der Waals surface area (Å²) in [6.07, 6.45) is 1.40. The summed E-state index contributed by atoms with van der Waals surface area (Å²) in [5.74, 6) is 0.109. The van der Waals surface area contributed by atoms with Crippen LogP contribution >= 0.6 is 15.9 Å². The average molecular weight is 441 g/mol. The fourth-order valence-corrected chi connectivity index (χ4v) is 2.63. The van der Waals surface area contributed by atoms with Gasteiger partial charge in [-0.1, -0.05) is 34.1 Å². The standard InChI is InChI=1S/C19H17BrN6O2/c1-25-17(22-12-21-14-10-8-13(20)9-11-14)16(18(27)26(2)19(25)28)24-23-15-6-4-3-5-7-15/h3-12H,1-2H3,(H,21,22). The number of hydrogen-bond acceptors (Lipinski definition) is 5. The highest BCUT2D eigenvalue weighted by Crippen LogP contribution is 2.24. The maximum atomic E-state index is 12.6. The van der Waals surface area contributed by atoms with Gasteiger partial charge in [0.1, 0.15) is 0 Å². The number of hydrogen-bond donors (Lipinski definition) is 1. The van der Waals surface area contributed by atoms with E-state index in [1.807, 2.05) is 42.5 Å². The summed E-state index contributed by atoms with van der Waals surface area (Å²) in [6, 6.07) is 16.5. The first-order valence-corrected chi connectivity index (χ1v) is 9.08. The van der Waals surface area contributed by atoms with E-state index in [4.69, 9.17) is 0 Å². The van der Waals surface area contributed by atoms with Gasteiger partial charge in [0.2, 0.25) is 0 Å². The second-order valence-corrected chi connectivity index (χ2v) is 6.74. The minimum atomic E-state index is -0.571. The Labute approximate surface area is 169 Å². The SMILES string of the molecule is Cn1c(/N=C/Nc2ccc(Br)cc2)c(N=Nc2ccccc2)c(=O)n(C)c1=O. The number of halogens is 1. The van der Waals surface area contributed by atoms with E-state index in [0.717, 1.165) is 14.7 Å². The minimum Gasteiger partial charge on any atom is -0.346 e. The minimum absolute atomic E-state index is 0.0256. The van der Waals surface area contributed by atoms with Crippen molar-refractivity contribution in [3.8, 4) is 0 Å². The number of benzene rings is 2.